The zero-order chi connectivity index (χ0) is 7.97. The molecule has 3 heteroatoms. The molecule has 0 aromatic heterocycles. The third-order valence-electron chi connectivity index (χ3n) is 3.64. The summed E-state index contributed by atoms with van der Waals surface area (Å²) in [5, 5.41) is 3.48. The molecule has 0 saturated carbocycles. The highest BCUT2D eigenvalue weighted by molar-refractivity contribution is 4.99. The van der Waals surface area contributed by atoms with Gasteiger partial charge in [-0.2, -0.15) is 0 Å². The third-order valence-corrected chi connectivity index (χ3v) is 3.64. The molecule has 0 aromatic rings. The summed E-state index contributed by atoms with van der Waals surface area (Å²) in [6, 6.07) is 0.735. The minimum atomic E-state index is 0.735. The molecular weight excluding hydrogens is 152 g/mol. The fourth-order valence-electron chi connectivity index (χ4n) is 2.98. The summed E-state index contributed by atoms with van der Waals surface area (Å²) in [5.74, 6) is 1.79. The van der Waals surface area contributed by atoms with Gasteiger partial charge in [0, 0.05) is 19.1 Å². The lowest BCUT2D eigenvalue weighted by Crippen LogP contribution is -2.44. The van der Waals surface area contributed by atoms with Crippen molar-refractivity contribution in [2.24, 2.45) is 11.8 Å². The van der Waals surface area contributed by atoms with Crippen molar-refractivity contribution in [3.8, 4) is 0 Å². The van der Waals surface area contributed by atoms with Gasteiger partial charge in [-0.15, -0.1) is 0 Å². The summed E-state index contributed by atoms with van der Waals surface area (Å²) in [5.41, 5.74) is 0. The van der Waals surface area contributed by atoms with Crippen molar-refractivity contribution < 1.29 is 4.74 Å². The van der Waals surface area contributed by atoms with Gasteiger partial charge in [0.15, 0.2) is 0 Å². The Morgan fingerprint density at radius 1 is 1.33 bits per heavy atom. The first-order chi connectivity index (χ1) is 5.95. The Labute approximate surface area is 73.1 Å². The van der Waals surface area contributed by atoms with Crippen molar-refractivity contribution in [3.63, 3.8) is 0 Å². The molecule has 3 rings (SSSR count). The fourth-order valence-corrected chi connectivity index (χ4v) is 2.98. The maximum atomic E-state index is 5.52. The lowest BCUT2D eigenvalue weighted by Gasteiger charge is -2.31. The van der Waals surface area contributed by atoms with E-state index < -0.39 is 0 Å². The SMILES string of the molecule is C1CN2CC3CNCC3C2CO1. The Balaban J connectivity index is 1.79. The Bertz CT molecular complexity index is 185. The van der Waals surface area contributed by atoms with E-state index in [1.165, 1.54) is 19.6 Å². The van der Waals surface area contributed by atoms with Gasteiger partial charge >= 0.3 is 0 Å². The first-order valence-electron chi connectivity index (χ1n) is 4.97. The van der Waals surface area contributed by atoms with Crippen LogP contribution in [-0.4, -0.2) is 50.3 Å². The van der Waals surface area contributed by atoms with E-state index in [0.717, 1.165) is 37.6 Å². The largest absolute Gasteiger partial charge is 0.378 e. The second-order valence-corrected chi connectivity index (χ2v) is 4.22. The zero-order valence-corrected chi connectivity index (χ0v) is 7.33. The van der Waals surface area contributed by atoms with Gasteiger partial charge in [0.2, 0.25) is 0 Å². The number of ether oxygens (including phenoxy) is 1. The first kappa shape index (κ1) is 7.30. The zero-order valence-electron chi connectivity index (χ0n) is 7.33. The number of hydrogen-bond acceptors (Lipinski definition) is 3. The lowest BCUT2D eigenvalue weighted by molar-refractivity contribution is 0.00132. The summed E-state index contributed by atoms with van der Waals surface area (Å²) in [4.78, 5) is 2.62. The summed E-state index contributed by atoms with van der Waals surface area (Å²) in [7, 11) is 0. The van der Waals surface area contributed by atoms with E-state index in [9.17, 15) is 0 Å². The number of nitrogens with zero attached hydrogens (tertiary/aromatic N) is 1. The van der Waals surface area contributed by atoms with Crippen LogP contribution in [0.3, 0.4) is 0 Å². The Morgan fingerprint density at radius 3 is 3.33 bits per heavy atom. The molecular formula is C9H16N2O. The molecule has 3 atom stereocenters. The molecule has 12 heavy (non-hydrogen) atoms. The average Bonchev–Trinajstić information content (AvgIpc) is 2.62. The van der Waals surface area contributed by atoms with Crippen molar-refractivity contribution in [2.45, 2.75) is 6.04 Å². The quantitative estimate of drug-likeness (QED) is 0.529. The van der Waals surface area contributed by atoms with Crippen molar-refractivity contribution in [1.82, 2.24) is 10.2 Å². The second-order valence-electron chi connectivity index (χ2n) is 4.22. The van der Waals surface area contributed by atoms with Crippen LogP contribution in [0.1, 0.15) is 0 Å². The standard InChI is InChI=1S/C9H16N2O/c1-2-12-6-9-8-4-10-3-7(8)5-11(1)9/h7-10H,1-6H2. The smallest absolute Gasteiger partial charge is 0.0625 e. The molecule has 0 spiro atoms. The van der Waals surface area contributed by atoms with Gasteiger partial charge in [-0.3, -0.25) is 4.90 Å². The molecule has 0 bridgehead atoms. The van der Waals surface area contributed by atoms with E-state index >= 15 is 0 Å². The van der Waals surface area contributed by atoms with Gasteiger partial charge in [-0.25, -0.2) is 0 Å². The normalized spacial score (nSPS) is 47.5. The van der Waals surface area contributed by atoms with E-state index in [2.05, 4.69) is 10.2 Å². The van der Waals surface area contributed by atoms with Gasteiger partial charge in [-0.05, 0) is 24.9 Å². The monoisotopic (exact) mass is 168 g/mol. The van der Waals surface area contributed by atoms with Crippen molar-refractivity contribution in [1.29, 1.82) is 0 Å². The van der Waals surface area contributed by atoms with Crippen LogP contribution in [0.4, 0.5) is 0 Å². The summed E-state index contributed by atoms with van der Waals surface area (Å²) >= 11 is 0. The number of fused-ring (bicyclic) bond motifs is 3. The van der Waals surface area contributed by atoms with Gasteiger partial charge in [0.25, 0.3) is 0 Å². The van der Waals surface area contributed by atoms with Crippen LogP contribution in [0.5, 0.6) is 0 Å². The predicted molar refractivity (Wildman–Crippen MR) is 46.0 cm³/mol. The lowest BCUT2D eigenvalue weighted by atomic mass is 9.94. The van der Waals surface area contributed by atoms with E-state index in [1.807, 2.05) is 0 Å². The molecule has 0 aromatic carbocycles. The summed E-state index contributed by atoms with van der Waals surface area (Å²) < 4.78 is 5.52. The van der Waals surface area contributed by atoms with Crippen LogP contribution < -0.4 is 5.32 Å². The van der Waals surface area contributed by atoms with Crippen LogP contribution in [0, 0.1) is 11.8 Å². The maximum absolute atomic E-state index is 5.52. The molecule has 3 nitrogen and oxygen atoms in total. The van der Waals surface area contributed by atoms with Crippen LogP contribution in [-0.2, 0) is 4.74 Å². The van der Waals surface area contributed by atoms with Crippen LogP contribution in [0.15, 0.2) is 0 Å². The average molecular weight is 168 g/mol. The second kappa shape index (κ2) is 2.69. The van der Waals surface area contributed by atoms with Crippen molar-refractivity contribution in [3.05, 3.63) is 0 Å². The van der Waals surface area contributed by atoms with Gasteiger partial charge in [-0.1, -0.05) is 0 Å². The highest BCUT2D eigenvalue weighted by Gasteiger charge is 2.44. The minimum Gasteiger partial charge on any atom is -0.378 e. The molecule has 3 aliphatic heterocycles. The molecule has 3 unspecified atom stereocenters. The van der Waals surface area contributed by atoms with Crippen molar-refractivity contribution in [2.75, 3.05) is 39.4 Å². The number of rotatable bonds is 0. The van der Waals surface area contributed by atoms with Gasteiger partial charge in [0.1, 0.15) is 0 Å². The highest BCUT2D eigenvalue weighted by Crippen LogP contribution is 2.33. The van der Waals surface area contributed by atoms with Gasteiger partial charge < -0.3 is 10.1 Å². The predicted octanol–water partition coefficient (Wildman–Crippen LogP) is -0.464. The molecule has 3 fully saturated rings. The van der Waals surface area contributed by atoms with E-state index in [1.54, 1.807) is 0 Å². The Hall–Kier alpha value is -0.120. The molecule has 0 radical (unpaired) electrons. The fraction of sp³-hybridized carbons (Fsp3) is 1.00. The van der Waals surface area contributed by atoms with E-state index in [-0.39, 0.29) is 0 Å². The first-order valence-corrected chi connectivity index (χ1v) is 4.97. The molecule has 0 aliphatic carbocycles. The number of nitrogens with one attached hydrogen (secondary N) is 1. The molecule has 1 N–H and O–H groups in total. The Morgan fingerprint density at radius 2 is 2.33 bits per heavy atom. The molecule has 3 saturated heterocycles. The molecule has 0 amide bonds. The number of hydrogen-bond donors (Lipinski definition) is 1. The Kier molecular flexibility index (Phi) is 1.63. The van der Waals surface area contributed by atoms with Gasteiger partial charge in [0.05, 0.1) is 13.2 Å². The topological polar surface area (TPSA) is 24.5 Å². The maximum Gasteiger partial charge on any atom is 0.0625 e. The third kappa shape index (κ3) is 0.934. The molecule has 68 valence electrons. The summed E-state index contributed by atoms with van der Waals surface area (Å²) in [6.07, 6.45) is 0. The van der Waals surface area contributed by atoms with Crippen LogP contribution >= 0.6 is 0 Å². The minimum absolute atomic E-state index is 0.735. The van der Waals surface area contributed by atoms with E-state index in [0.29, 0.717) is 0 Å². The number of morpholine rings is 1. The molecule has 3 aliphatic rings. The van der Waals surface area contributed by atoms with Crippen LogP contribution in [0.25, 0.3) is 0 Å². The summed E-state index contributed by atoms with van der Waals surface area (Å²) in [6.45, 7) is 6.85. The van der Waals surface area contributed by atoms with Crippen LogP contribution in [0.2, 0.25) is 0 Å². The molecule has 3 heterocycles. The van der Waals surface area contributed by atoms with E-state index in [4.69, 9.17) is 4.74 Å². The van der Waals surface area contributed by atoms with Crippen molar-refractivity contribution >= 4 is 0 Å². The highest BCUT2D eigenvalue weighted by atomic mass is 16.5.